The van der Waals surface area contributed by atoms with Gasteiger partial charge in [0.25, 0.3) is 5.91 Å². The van der Waals surface area contributed by atoms with Crippen molar-refractivity contribution in [1.29, 1.82) is 0 Å². The molecule has 2 atom stereocenters. The summed E-state index contributed by atoms with van der Waals surface area (Å²) in [6.45, 7) is 3.38. The zero-order chi connectivity index (χ0) is 18.0. The lowest BCUT2D eigenvalue weighted by atomic mass is 9.84. The third-order valence-corrected chi connectivity index (χ3v) is 6.01. The van der Waals surface area contributed by atoms with Crippen LogP contribution in [-0.4, -0.2) is 59.7 Å². The predicted molar refractivity (Wildman–Crippen MR) is 101 cm³/mol. The van der Waals surface area contributed by atoms with Crippen molar-refractivity contribution in [2.75, 3.05) is 44.0 Å². The first-order chi connectivity index (χ1) is 11.9. The number of fused-ring (bicyclic) bond motifs is 3. The van der Waals surface area contributed by atoms with Crippen LogP contribution in [0.1, 0.15) is 23.2 Å². The second-order valence-electron chi connectivity index (χ2n) is 6.71. The van der Waals surface area contributed by atoms with Crippen molar-refractivity contribution in [2.45, 2.75) is 18.9 Å². The zero-order valence-electron chi connectivity index (χ0n) is 14.3. The number of nitrogen functional groups attached to an aromatic ring is 1. The molecule has 4 rings (SSSR count). The molecule has 25 heavy (non-hydrogen) atoms. The number of amides is 1. The van der Waals surface area contributed by atoms with Gasteiger partial charge in [0, 0.05) is 18.7 Å². The second kappa shape index (κ2) is 8.03. The number of ether oxygens (including phenoxy) is 1. The fourth-order valence-electron chi connectivity index (χ4n) is 3.51. The first-order valence-electron chi connectivity index (χ1n) is 8.49. The minimum atomic E-state index is -0.961. The van der Waals surface area contributed by atoms with E-state index in [1.807, 2.05) is 0 Å². The van der Waals surface area contributed by atoms with Crippen LogP contribution < -0.4 is 15.8 Å². The van der Waals surface area contributed by atoms with E-state index >= 15 is 0 Å². The maximum absolute atomic E-state index is 12.8. The number of nitrogens with zero attached hydrogens (tertiary/aromatic N) is 1. The monoisotopic (exact) mass is 385 g/mol. The summed E-state index contributed by atoms with van der Waals surface area (Å²) in [7, 11) is 0. The molecule has 0 aromatic heterocycles. The van der Waals surface area contributed by atoms with Crippen LogP contribution in [0.5, 0.6) is 5.75 Å². The molecule has 3 heterocycles. The summed E-state index contributed by atoms with van der Waals surface area (Å²) < 4.78 is 16.9. The van der Waals surface area contributed by atoms with E-state index in [1.54, 1.807) is 18.4 Å². The van der Waals surface area contributed by atoms with Gasteiger partial charge in [-0.1, -0.05) is 22.8 Å². The number of piperidine rings is 3. The third-order valence-electron chi connectivity index (χ3n) is 4.94. The minimum absolute atomic E-state index is 0.155. The number of hydrogen-bond acceptors (Lipinski definition) is 5. The molecule has 8 heteroatoms. The molecule has 0 aliphatic carbocycles. The molecule has 1 aromatic rings. The van der Waals surface area contributed by atoms with Gasteiger partial charge in [-0.05, 0) is 37.9 Å². The van der Waals surface area contributed by atoms with E-state index < -0.39 is 11.2 Å². The van der Waals surface area contributed by atoms with Crippen LogP contribution in [-0.2, 0) is 11.2 Å². The highest BCUT2D eigenvalue weighted by atomic mass is 35.5. The number of nitrogens with one attached hydrogen (secondary N) is 1. The molecule has 138 valence electrons. The van der Waals surface area contributed by atoms with Crippen molar-refractivity contribution in [3.05, 3.63) is 22.7 Å². The topological polar surface area (TPSA) is 90.6 Å². The maximum Gasteiger partial charge on any atom is 0.255 e. The van der Waals surface area contributed by atoms with Crippen molar-refractivity contribution < 1.29 is 14.1 Å². The Kier molecular flexibility index (Phi) is 5.99. The maximum atomic E-state index is 12.8. The molecule has 3 N–H and O–H groups in total. The van der Waals surface area contributed by atoms with Gasteiger partial charge in [-0.3, -0.25) is 4.79 Å². The summed E-state index contributed by atoms with van der Waals surface area (Å²) in [5.41, 5.74) is 6.57. The van der Waals surface area contributed by atoms with Gasteiger partial charge in [0.1, 0.15) is 18.1 Å². The summed E-state index contributed by atoms with van der Waals surface area (Å²) >= 11 is 5.14. The average Bonchev–Trinajstić information content (AvgIpc) is 2.58. The Labute approximate surface area is 156 Å². The zero-order valence-corrected chi connectivity index (χ0v) is 15.9. The molecule has 0 radical (unpaired) electrons. The van der Waals surface area contributed by atoms with Crippen LogP contribution in [0.25, 0.3) is 0 Å². The molecule has 2 unspecified atom stereocenters. The number of nitrogens with two attached hydrogens (primary N) is 1. The lowest BCUT2D eigenvalue weighted by Gasteiger charge is -2.44. The molecule has 1 amide bonds. The van der Waals surface area contributed by atoms with E-state index in [1.165, 1.54) is 0 Å². The largest absolute Gasteiger partial charge is 0.616 e. The van der Waals surface area contributed by atoms with E-state index in [-0.39, 0.29) is 18.6 Å². The lowest BCUT2D eigenvalue weighted by molar-refractivity contribution is 0.0618. The molecule has 3 saturated heterocycles. The van der Waals surface area contributed by atoms with Crippen LogP contribution in [0, 0.1) is 5.92 Å². The number of carbonyl (C=O) groups is 1. The number of hydrogen-bond donors (Lipinski definition) is 2. The Morgan fingerprint density at radius 3 is 2.80 bits per heavy atom. The summed E-state index contributed by atoms with van der Waals surface area (Å²) in [6.07, 6.45) is 3.86. The van der Waals surface area contributed by atoms with E-state index in [0.717, 1.165) is 32.5 Å². The van der Waals surface area contributed by atoms with Gasteiger partial charge in [0.15, 0.2) is 0 Å². The first kappa shape index (κ1) is 18.6. The fourth-order valence-corrected chi connectivity index (χ4v) is 3.99. The first-order valence-corrected chi connectivity index (χ1v) is 10.6. The Morgan fingerprint density at radius 1 is 1.48 bits per heavy atom. The molecule has 3 aliphatic heterocycles. The Balaban J connectivity index is 1.72. The standard InChI is InChI=1S/C17H24ClN3O3S/c1-25(23)7-6-24-16-9-14(19)13(18)8-12(16)17(22)20-15-10-21-4-2-11(15)3-5-21/h8-9,11,15H,2-7,10,19H2,1H3,(H,20,22). The van der Waals surface area contributed by atoms with E-state index in [9.17, 15) is 9.35 Å². The van der Waals surface area contributed by atoms with Gasteiger partial charge in [-0.25, -0.2) is 0 Å². The number of carbonyl (C=O) groups excluding carboxylic acids is 1. The van der Waals surface area contributed by atoms with Gasteiger partial charge in [-0.15, -0.1) is 0 Å². The molecular weight excluding hydrogens is 362 g/mol. The van der Waals surface area contributed by atoms with Crippen molar-refractivity contribution in [2.24, 2.45) is 5.92 Å². The average molecular weight is 386 g/mol. The van der Waals surface area contributed by atoms with Crippen LogP contribution >= 0.6 is 11.6 Å². The highest BCUT2D eigenvalue weighted by Gasteiger charge is 2.35. The highest BCUT2D eigenvalue weighted by Crippen LogP contribution is 2.31. The molecule has 2 bridgehead atoms. The molecule has 0 spiro atoms. The van der Waals surface area contributed by atoms with Gasteiger partial charge in [-0.2, -0.15) is 0 Å². The van der Waals surface area contributed by atoms with Crippen molar-refractivity contribution >= 4 is 34.4 Å². The predicted octanol–water partition coefficient (Wildman–Crippen LogP) is 1.50. The van der Waals surface area contributed by atoms with Crippen molar-refractivity contribution in [3.63, 3.8) is 0 Å². The van der Waals surface area contributed by atoms with Crippen molar-refractivity contribution in [1.82, 2.24) is 10.2 Å². The Hall–Kier alpha value is -1.15. The second-order valence-corrected chi connectivity index (χ2v) is 8.68. The molecule has 3 fully saturated rings. The smallest absolute Gasteiger partial charge is 0.255 e. The van der Waals surface area contributed by atoms with E-state index in [4.69, 9.17) is 22.1 Å². The highest BCUT2D eigenvalue weighted by molar-refractivity contribution is 7.90. The number of benzene rings is 1. The van der Waals surface area contributed by atoms with Gasteiger partial charge < -0.3 is 25.2 Å². The Morgan fingerprint density at radius 2 is 2.20 bits per heavy atom. The van der Waals surface area contributed by atoms with Crippen LogP contribution in [0.4, 0.5) is 5.69 Å². The van der Waals surface area contributed by atoms with Crippen molar-refractivity contribution in [3.8, 4) is 5.75 Å². The molecule has 3 aliphatic rings. The quantitative estimate of drug-likeness (QED) is 0.572. The van der Waals surface area contributed by atoms with Crippen LogP contribution in [0.2, 0.25) is 5.02 Å². The summed E-state index contributed by atoms with van der Waals surface area (Å²) in [5.74, 6) is 1.10. The summed E-state index contributed by atoms with van der Waals surface area (Å²) in [5, 5.41) is 3.46. The number of halogens is 1. The fraction of sp³-hybridized carbons (Fsp3) is 0.588. The Bertz CT molecular complexity index is 636. The van der Waals surface area contributed by atoms with Gasteiger partial charge >= 0.3 is 0 Å². The lowest BCUT2D eigenvalue weighted by Crippen LogP contribution is -2.57. The summed E-state index contributed by atoms with van der Waals surface area (Å²) in [4.78, 5) is 15.2. The SMILES string of the molecule is C[S+]([O-])CCOc1cc(N)c(Cl)cc1C(=O)NC1CN2CCC1CC2. The molecular formula is C17H24ClN3O3S. The summed E-state index contributed by atoms with van der Waals surface area (Å²) in [6, 6.07) is 3.26. The number of anilines is 1. The van der Waals surface area contributed by atoms with E-state index in [2.05, 4.69) is 10.2 Å². The molecule has 1 aromatic carbocycles. The van der Waals surface area contributed by atoms with Crippen LogP contribution in [0.15, 0.2) is 12.1 Å². The van der Waals surface area contributed by atoms with E-state index in [0.29, 0.717) is 33.7 Å². The number of rotatable bonds is 6. The normalized spacial score (nSPS) is 26.3. The minimum Gasteiger partial charge on any atom is -0.616 e. The molecule has 0 saturated carbocycles. The molecule has 6 nitrogen and oxygen atoms in total. The van der Waals surface area contributed by atoms with Gasteiger partial charge in [0.05, 0.1) is 22.5 Å². The van der Waals surface area contributed by atoms with Gasteiger partial charge in [0.2, 0.25) is 0 Å². The third kappa shape index (κ3) is 4.53. The van der Waals surface area contributed by atoms with Crippen LogP contribution in [0.3, 0.4) is 0 Å².